The standard InChI is InChI=1S/C9H18BrN/c1-8(7-10)11(2)9-5-3-4-6-9/h8-9H,3-7H2,1-2H3. The summed E-state index contributed by atoms with van der Waals surface area (Å²) in [7, 11) is 2.25. The Bertz CT molecular complexity index is 110. The molecule has 1 rings (SSSR count). The molecule has 11 heavy (non-hydrogen) atoms. The van der Waals surface area contributed by atoms with Crippen LogP contribution in [0.2, 0.25) is 0 Å². The predicted molar refractivity (Wildman–Crippen MR) is 53.3 cm³/mol. The molecule has 0 aromatic carbocycles. The van der Waals surface area contributed by atoms with Crippen LogP contribution in [0.15, 0.2) is 0 Å². The Balaban J connectivity index is 2.32. The Kier molecular flexibility index (Phi) is 3.86. The molecular weight excluding hydrogens is 202 g/mol. The zero-order valence-corrected chi connectivity index (χ0v) is 9.10. The van der Waals surface area contributed by atoms with Crippen molar-refractivity contribution in [3.63, 3.8) is 0 Å². The van der Waals surface area contributed by atoms with Gasteiger partial charge in [0.25, 0.3) is 0 Å². The maximum absolute atomic E-state index is 3.52. The highest BCUT2D eigenvalue weighted by molar-refractivity contribution is 9.09. The number of hydrogen-bond acceptors (Lipinski definition) is 1. The molecule has 1 aliphatic rings. The second-order valence-electron chi connectivity index (χ2n) is 3.61. The van der Waals surface area contributed by atoms with Crippen LogP contribution in [0.25, 0.3) is 0 Å². The van der Waals surface area contributed by atoms with Crippen molar-refractivity contribution >= 4 is 15.9 Å². The number of nitrogens with zero attached hydrogens (tertiary/aromatic N) is 1. The lowest BCUT2D eigenvalue weighted by molar-refractivity contribution is 0.202. The minimum atomic E-state index is 0.693. The lowest BCUT2D eigenvalue weighted by Crippen LogP contribution is -2.37. The molecule has 1 unspecified atom stereocenters. The smallest absolute Gasteiger partial charge is 0.0185 e. The monoisotopic (exact) mass is 219 g/mol. The summed E-state index contributed by atoms with van der Waals surface area (Å²) in [6.07, 6.45) is 5.69. The van der Waals surface area contributed by atoms with Crippen LogP contribution in [0.3, 0.4) is 0 Å². The van der Waals surface area contributed by atoms with Crippen LogP contribution in [0.1, 0.15) is 32.6 Å². The second kappa shape index (κ2) is 4.46. The van der Waals surface area contributed by atoms with Crippen LogP contribution in [0.5, 0.6) is 0 Å². The number of halogens is 1. The molecule has 0 aliphatic heterocycles. The average molecular weight is 220 g/mol. The highest BCUT2D eigenvalue weighted by atomic mass is 79.9. The highest BCUT2D eigenvalue weighted by Gasteiger charge is 2.22. The van der Waals surface area contributed by atoms with Crippen molar-refractivity contribution in [2.24, 2.45) is 0 Å². The second-order valence-corrected chi connectivity index (χ2v) is 4.25. The molecule has 0 aromatic rings. The number of hydrogen-bond donors (Lipinski definition) is 0. The SMILES string of the molecule is CC(CBr)N(C)C1CCCC1. The van der Waals surface area contributed by atoms with Crippen LogP contribution in [-0.2, 0) is 0 Å². The molecule has 1 fully saturated rings. The van der Waals surface area contributed by atoms with E-state index >= 15 is 0 Å². The third-order valence-electron chi connectivity index (χ3n) is 2.82. The minimum Gasteiger partial charge on any atom is -0.300 e. The topological polar surface area (TPSA) is 3.24 Å². The van der Waals surface area contributed by atoms with Crippen LogP contribution < -0.4 is 0 Å². The van der Waals surface area contributed by atoms with E-state index in [-0.39, 0.29) is 0 Å². The van der Waals surface area contributed by atoms with Crippen molar-refractivity contribution in [1.29, 1.82) is 0 Å². The molecule has 0 spiro atoms. The van der Waals surface area contributed by atoms with Crippen molar-refractivity contribution in [2.45, 2.75) is 44.7 Å². The van der Waals surface area contributed by atoms with E-state index in [2.05, 4.69) is 34.8 Å². The molecule has 0 heterocycles. The molecule has 0 N–H and O–H groups in total. The Morgan fingerprint density at radius 3 is 2.45 bits per heavy atom. The summed E-state index contributed by atoms with van der Waals surface area (Å²) in [5.41, 5.74) is 0. The van der Waals surface area contributed by atoms with Crippen LogP contribution in [-0.4, -0.2) is 29.4 Å². The molecule has 0 aromatic heterocycles. The lowest BCUT2D eigenvalue weighted by Gasteiger charge is -2.29. The summed E-state index contributed by atoms with van der Waals surface area (Å²) >= 11 is 3.52. The third kappa shape index (κ3) is 2.45. The van der Waals surface area contributed by atoms with Crippen molar-refractivity contribution in [2.75, 3.05) is 12.4 Å². The maximum Gasteiger partial charge on any atom is 0.0185 e. The van der Waals surface area contributed by atoms with Gasteiger partial charge >= 0.3 is 0 Å². The summed E-state index contributed by atoms with van der Waals surface area (Å²) in [6, 6.07) is 1.56. The van der Waals surface area contributed by atoms with Gasteiger partial charge < -0.3 is 0 Å². The van der Waals surface area contributed by atoms with Crippen molar-refractivity contribution in [3.05, 3.63) is 0 Å². The quantitative estimate of drug-likeness (QED) is 0.661. The lowest BCUT2D eigenvalue weighted by atomic mass is 10.2. The fraction of sp³-hybridized carbons (Fsp3) is 1.00. The van der Waals surface area contributed by atoms with Gasteiger partial charge in [-0.25, -0.2) is 0 Å². The molecule has 0 saturated heterocycles. The zero-order valence-electron chi connectivity index (χ0n) is 7.52. The first kappa shape index (κ1) is 9.53. The van der Waals surface area contributed by atoms with Gasteiger partial charge in [0.15, 0.2) is 0 Å². The van der Waals surface area contributed by atoms with Crippen LogP contribution >= 0.6 is 15.9 Å². The van der Waals surface area contributed by atoms with E-state index in [0.29, 0.717) is 6.04 Å². The first-order chi connectivity index (χ1) is 5.25. The van der Waals surface area contributed by atoms with Crippen molar-refractivity contribution < 1.29 is 0 Å². The molecule has 0 amide bonds. The van der Waals surface area contributed by atoms with E-state index in [4.69, 9.17) is 0 Å². The summed E-state index contributed by atoms with van der Waals surface area (Å²) < 4.78 is 0. The van der Waals surface area contributed by atoms with Crippen LogP contribution in [0.4, 0.5) is 0 Å². The van der Waals surface area contributed by atoms with Gasteiger partial charge in [-0.1, -0.05) is 28.8 Å². The van der Waals surface area contributed by atoms with Crippen molar-refractivity contribution in [1.82, 2.24) is 4.90 Å². The molecule has 1 nitrogen and oxygen atoms in total. The van der Waals surface area contributed by atoms with Gasteiger partial charge in [0.05, 0.1) is 0 Å². The van der Waals surface area contributed by atoms with Gasteiger partial charge in [0.2, 0.25) is 0 Å². The molecule has 0 bridgehead atoms. The van der Waals surface area contributed by atoms with E-state index in [0.717, 1.165) is 11.4 Å². The molecule has 0 radical (unpaired) electrons. The maximum atomic E-state index is 3.52. The van der Waals surface area contributed by atoms with E-state index in [9.17, 15) is 0 Å². The van der Waals surface area contributed by atoms with Crippen LogP contribution in [0, 0.1) is 0 Å². The first-order valence-corrected chi connectivity index (χ1v) is 5.65. The number of alkyl halides is 1. The normalized spacial score (nSPS) is 22.9. The van der Waals surface area contributed by atoms with Crippen molar-refractivity contribution in [3.8, 4) is 0 Å². The summed E-state index contributed by atoms with van der Waals surface area (Å²) in [5.74, 6) is 0. The Morgan fingerprint density at radius 1 is 1.45 bits per heavy atom. The highest BCUT2D eigenvalue weighted by Crippen LogP contribution is 2.23. The largest absolute Gasteiger partial charge is 0.300 e. The molecule has 1 aliphatic carbocycles. The van der Waals surface area contributed by atoms with Gasteiger partial charge in [-0.05, 0) is 26.8 Å². The predicted octanol–water partition coefficient (Wildman–Crippen LogP) is 2.64. The van der Waals surface area contributed by atoms with E-state index in [1.54, 1.807) is 0 Å². The van der Waals surface area contributed by atoms with E-state index in [1.165, 1.54) is 25.7 Å². The van der Waals surface area contributed by atoms with E-state index < -0.39 is 0 Å². The zero-order chi connectivity index (χ0) is 8.27. The number of rotatable bonds is 3. The molecule has 1 atom stereocenters. The molecule has 1 saturated carbocycles. The minimum absolute atomic E-state index is 0.693. The van der Waals surface area contributed by atoms with Gasteiger partial charge in [-0.15, -0.1) is 0 Å². The summed E-state index contributed by atoms with van der Waals surface area (Å²) in [6.45, 7) is 2.28. The average Bonchev–Trinajstić information content (AvgIpc) is 2.53. The van der Waals surface area contributed by atoms with Gasteiger partial charge in [0.1, 0.15) is 0 Å². The van der Waals surface area contributed by atoms with Gasteiger partial charge in [-0.2, -0.15) is 0 Å². The van der Waals surface area contributed by atoms with Gasteiger partial charge in [0, 0.05) is 17.4 Å². The molecule has 2 heteroatoms. The molecular formula is C9H18BrN. The first-order valence-electron chi connectivity index (χ1n) is 4.53. The third-order valence-corrected chi connectivity index (χ3v) is 3.76. The Hall–Kier alpha value is 0.440. The summed E-state index contributed by atoms with van der Waals surface area (Å²) in [5, 5.41) is 1.10. The fourth-order valence-corrected chi connectivity index (χ4v) is 2.24. The fourth-order valence-electron chi connectivity index (χ4n) is 1.78. The Labute approximate surface area is 78.3 Å². The van der Waals surface area contributed by atoms with E-state index in [1.807, 2.05) is 0 Å². The van der Waals surface area contributed by atoms with Gasteiger partial charge in [-0.3, -0.25) is 4.90 Å². The Morgan fingerprint density at radius 2 is 2.00 bits per heavy atom. The molecule has 66 valence electrons. The summed E-state index contributed by atoms with van der Waals surface area (Å²) in [4.78, 5) is 2.52.